The second-order valence-electron chi connectivity index (χ2n) is 5.97. The monoisotopic (exact) mass is 352 g/mol. The Kier molecular flexibility index (Phi) is 6.16. The zero-order valence-corrected chi connectivity index (χ0v) is 14.8. The van der Waals surface area contributed by atoms with Crippen LogP contribution in [0.2, 0.25) is 0 Å². The van der Waals surface area contributed by atoms with Crippen molar-refractivity contribution in [2.24, 2.45) is 0 Å². The molecule has 132 valence electrons. The largest absolute Gasteiger partial charge is 0.507 e. The van der Waals surface area contributed by atoms with Crippen molar-refractivity contribution in [3.05, 3.63) is 120 Å². The second kappa shape index (κ2) is 9.16. The highest BCUT2D eigenvalue weighted by atomic mass is 16.3. The molecule has 0 aliphatic rings. The molecule has 4 aromatic rings. The number of fused-ring (bicyclic) bond motifs is 1. The summed E-state index contributed by atoms with van der Waals surface area (Å²) in [6, 6.07) is 32.3. The van der Waals surface area contributed by atoms with E-state index in [1.807, 2.05) is 103 Å². The fourth-order valence-electron chi connectivity index (χ4n) is 2.64. The SMILES string of the molecule is O=C(C=Cc1ccccc1)c1ccccc1.Oc1cccc2ccccc12. The molecule has 27 heavy (non-hydrogen) atoms. The molecule has 0 radical (unpaired) electrons. The molecule has 0 fully saturated rings. The molecule has 0 atom stereocenters. The van der Waals surface area contributed by atoms with E-state index >= 15 is 0 Å². The highest BCUT2D eigenvalue weighted by Crippen LogP contribution is 2.22. The van der Waals surface area contributed by atoms with Crippen molar-refractivity contribution >= 4 is 22.6 Å². The van der Waals surface area contributed by atoms with Gasteiger partial charge in [-0.15, -0.1) is 0 Å². The van der Waals surface area contributed by atoms with Gasteiger partial charge < -0.3 is 5.11 Å². The van der Waals surface area contributed by atoms with E-state index in [0.717, 1.165) is 21.9 Å². The van der Waals surface area contributed by atoms with E-state index in [-0.39, 0.29) is 5.78 Å². The standard InChI is InChI=1S/C15H12O.C10H8O/c16-15(14-9-5-2-6-10-14)12-11-13-7-3-1-4-8-13;11-10-7-3-5-8-4-1-2-6-9(8)10/h1-12H;1-7,11H. The molecule has 0 unspecified atom stereocenters. The number of carbonyl (C=O) groups excluding carboxylic acids is 1. The average molecular weight is 352 g/mol. The summed E-state index contributed by atoms with van der Waals surface area (Å²) in [7, 11) is 0. The Morgan fingerprint density at radius 3 is 1.96 bits per heavy atom. The summed E-state index contributed by atoms with van der Waals surface area (Å²) >= 11 is 0. The highest BCUT2D eigenvalue weighted by Gasteiger charge is 1.98. The summed E-state index contributed by atoms with van der Waals surface area (Å²) in [6.07, 6.45) is 3.43. The molecule has 4 aromatic carbocycles. The molecule has 4 rings (SSSR count). The van der Waals surface area contributed by atoms with Gasteiger partial charge in [0.1, 0.15) is 5.75 Å². The number of rotatable bonds is 3. The number of ketones is 1. The van der Waals surface area contributed by atoms with Crippen molar-refractivity contribution in [3.63, 3.8) is 0 Å². The Labute approximate surface area is 159 Å². The van der Waals surface area contributed by atoms with Crippen LogP contribution in [0.5, 0.6) is 5.75 Å². The lowest BCUT2D eigenvalue weighted by molar-refractivity contribution is 0.104. The van der Waals surface area contributed by atoms with E-state index < -0.39 is 0 Å². The first-order valence-electron chi connectivity index (χ1n) is 8.73. The van der Waals surface area contributed by atoms with Gasteiger partial charge in [-0.25, -0.2) is 0 Å². The normalized spacial score (nSPS) is 10.4. The van der Waals surface area contributed by atoms with Crippen LogP contribution >= 0.6 is 0 Å². The minimum Gasteiger partial charge on any atom is -0.507 e. The summed E-state index contributed by atoms with van der Waals surface area (Å²) in [4.78, 5) is 11.7. The van der Waals surface area contributed by atoms with E-state index in [2.05, 4.69) is 0 Å². The van der Waals surface area contributed by atoms with Crippen LogP contribution < -0.4 is 0 Å². The third-order valence-corrected chi connectivity index (χ3v) is 4.05. The van der Waals surface area contributed by atoms with Crippen molar-refractivity contribution in [2.75, 3.05) is 0 Å². The van der Waals surface area contributed by atoms with Gasteiger partial charge in [-0.3, -0.25) is 4.79 Å². The van der Waals surface area contributed by atoms with Gasteiger partial charge in [-0.05, 0) is 23.1 Å². The van der Waals surface area contributed by atoms with Crippen LogP contribution in [0.1, 0.15) is 15.9 Å². The quantitative estimate of drug-likeness (QED) is 0.356. The van der Waals surface area contributed by atoms with Crippen LogP contribution in [-0.2, 0) is 0 Å². The lowest BCUT2D eigenvalue weighted by atomic mass is 10.1. The number of aromatic hydroxyl groups is 1. The number of phenols is 1. The summed E-state index contributed by atoms with van der Waals surface area (Å²) in [5, 5.41) is 11.4. The van der Waals surface area contributed by atoms with Crippen LogP contribution in [0, 0.1) is 0 Å². The number of allylic oxidation sites excluding steroid dienone is 1. The first-order chi connectivity index (χ1) is 13.2. The van der Waals surface area contributed by atoms with Gasteiger partial charge in [-0.2, -0.15) is 0 Å². The number of benzene rings is 4. The second-order valence-corrected chi connectivity index (χ2v) is 5.97. The molecule has 0 aliphatic heterocycles. The van der Waals surface area contributed by atoms with Crippen molar-refractivity contribution in [1.82, 2.24) is 0 Å². The Bertz CT molecular complexity index is 1030. The molecule has 0 aliphatic carbocycles. The first kappa shape index (κ1) is 18.2. The third kappa shape index (κ3) is 5.16. The zero-order valence-electron chi connectivity index (χ0n) is 14.8. The Hall–Kier alpha value is -3.65. The summed E-state index contributed by atoms with van der Waals surface area (Å²) in [5.74, 6) is 0.382. The molecular weight excluding hydrogens is 332 g/mol. The van der Waals surface area contributed by atoms with Crippen LogP contribution in [0.3, 0.4) is 0 Å². The van der Waals surface area contributed by atoms with E-state index in [9.17, 15) is 9.90 Å². The molecule has 0 aromatic heterocycles. The highest BCUT2D eigenvalue weighted by molar-refractivity contribution is 6.06. The number of hydrogen-bond donors (Lipinski definition) is 1. The lowest BCUT2D eigenvalue weighted by Crippen LogP contribution is -1.92. The number of carbonyl (C=O) groups is 1. The van der Waals surface area contributed by atoms with Gasteiger partial charge in [0.05, 0.1) is 0 Å². The maximum Gasteiger partial charge on any atom is 0.185 e. The lowest BCUT2D eigenvalue weighted by Gasteiger charge is -1.97. The van der Waals surface area contributed by atoms with E-state index in [1.165, 1.54) is 0 Å². The predicted molar refractivity (Wildman–Crippen MR) is 112 cm³/mol. The van der Waals surface area contributed by atoms with Gasteiger partial charge in [-0.1, -0.05) is 103 Å². The number of phenolic OH excluding ortho intramolecular Hbond substituents is 1. The van der Waals surface area contributed by atoms with Crippen LogP contribution in [0.25, 0.3) is 16.8 Å². The van der Waals surface area contributed by atoms with Gasteiger partial charge in [0.15, 0.2) is 5.78 Å². The maximum absolute atomic E-state index is 11.7. The molecule has 1 N–H and O–H groups in total. The Morgan fingerprint density at radius 2 is 1.26 bits per heavy atom. The molecule has 0 saturated heterocycles. The number of hydrogen-bond acceptors (Lipinski definition) is 2. The summed E-state index contributed by atoms with van der Waals surface area (Å²) in [6.45, 7) is 0. The molecule has 0 amide bonds. The van der Waals surface area contributed by atoms with Crippen molar-refractivity contribution in [2.45, 2.75) is 0 Å². The smallest absolute Gasteiger partial charge is 0.185 e. The van der Waals surface area contributed by atoms with Crippen molar-refractivity contribution < 1.29 is 9.90 Å². The Balaban J connectivity index is 0.000000166. The average Bonchev–Trinajstić information content (AvgIpc) is 2.74. The fraction of sp³-hybridized carbons (Fsp3) is 0. The topological polar surface area (TPSA) is 37.3 Å². The third-order valence-electron chi connectivity index (χ3n) is 4.05. The van der Waals surface area contributed by atoms with E-state index in [1.54, 1.807) is 12.1 Å². The van der Waals surface area contributed by atoms with Gasteiger partial charge in [0.25, 0.3) is 0 Å². The summed E-state index contributed by atoms with van der Waals surface area (Å²) < 4.78 is 0. The Morgan fingerprint density at radius 1 is 0.667 bits per heavy atom. The maximum atomic E-state index is 11.7. The minimum atomic E-state index is 0.0319. The predicted octanol–water partition coefficient (Wildman–Crippen LogP) is 6.13. The molecule has 2 heteroatoms. The molecule has 0 bridgehead atoms. The van der Waals surface area contributed by atoms with Crippen LogP contribution in [0.4, 0.5) is 0 Å². The van der Waals surface area contributed by atoms with Crippen LogP contribution in [0.15, 0.2) is 109 Å². The summed E-state index contributed by atoms with van der Waals surface area (Å²) in [5.41, 5.74) is 1.75. The minimum absolute atomic E-state index is 0.0319. The van der Waals surface area contributed by atoms with Crippen molar-refractivity contribution in [3.8, 4) is 5.75 Å². The zero-order chi connectivity index (χ0) is 18.9. The van der Waals surface area contributed by atoms with E-state index in [4.69, 9.17) is 0 Å². The molecule has 0 heterocycles. The fourth-order valence-corrected chi connectivity index (χ4v) is 2.64. The van der Waals surface area contributed by atoms with Crippen molar-refractivity contribution in [1.29, 1.82) is 0 Å². The van der Waals surface area contributed by atoms with Crippen LogP contribution in [-0.4, -0.2) is 10.9 Å². The van der Waals surface area contributed by atoms with Gasteiger partial charge >= 0.3 is 0 Å². The van der Waals surface area contributed by atoms with Gasteiger partial charge in [0.2, 0.25) is 0 Å². The van der Waals surface area contributed by atoms with Gasteiger partial charge in [0, 0.05) is 10.9 Å². The molecule has 0 saturated carbocycles. The molecular formula is C25H20O2. The van der Waals surface area contributed by atoms with E-state index in [0.29, 0.717) is 5.75 Å². The molecule has 0 spiro atoms. The molecule has 2 nitrogen and oxygen atoms in total. The first-order valence-corrected chi connectivity index (χ1v) is 8.73.